The SMILES string of the molecule is O=C(CCOc1ccccc1)N(CCCl)C1CC1. The molecule has 1 aliphatic carbocycles. The highest BCUT2D eigenvalue weighted by molar-refractivity contribution is 6.18. The summed E-state index contributed by atoms with van der Waals surface area (Å²) >= 11 is 5.72. The number of nitrogens with zero attached hydrogens (tertiary/aromatic N) is 1. The van der Waals surface area contributed by atoms with Gasteiger partial charge in [0.2, 0.25) is 5.91 Å². The van der Waals surface area contributed by atoms with Crippen molar-refractivity contribution in [3.8, 4) is 5.75 Å². The maximum Gasteiger partial charge on any atom is 0.226 e. The average Bonchev–Trinajstić information content (AvgIpc) is 3.21. The monoisotopic (exact) mass is 267 g/mol. The fraction of sp³-hybridized carbons (Fsp3) is 0.500. The van der Waals surface area contributed by atoms with Gasteiger partial charge in [-0.05, 0) is 25.0 Å². The first-order valence-electron chi connectivity index (χ1n) is 6.34. The molecule has 1 amide bonds. The van der Waals surface area contributed by atoms with Crippen LogP contribution >= 0.6 is 11.6 Å². The zero-order valence-electron chi connectivity index (χ0n) is 10.3. The summed E-state index contributed by atoms with van der Waals surface area (Å²) in [5.41, 5.74) is 0. The number of hydrogen-bond acceptors (Lipinski definition) is 2. The molecule has 0 spiro atoms. The lowest BCUT2D eigenvalue weighted by Gasteiger charge is -2.21. The Morgan fingerprint density at radius 2 is 2.06 bits per heavy atom. The molecule has 0 aliphatic heterocycles. The summed E-state index contributed by atoms with van der Waals surface area (Å²) in [6.45, 7) is 1.07. The lowest BCUT2D eigenvalue weighted by Crippen LogP contribution is -2.35. The van der Waals surface area contributed by atoms with Gasteiger partial charge in [0.15, 0.2) is 0 Å². The van der Waals surface area contributed by atoms with E-state index in [-0.39, 0.29) is 5.91 Å². The molecule has 1 aliphatic rings. The van der Waals surface area contributed by atoms with E-state index in [9.17, 15) is 4.79 Å². The molecule has 3 nitrogen and oxygen atoms in total. The summed E-state index contributed by atoms with van der Waals surface area (Å²) in [5, 5.41) is 0. The van der Waals surface area contributed by atoms with Crippen LogP contribution in [0.2, 0.25) is 0 Å². The van der Waals surface area contributed by atoms with Crippen LogP contribution in [0.25, 0.3) is 0 Å². The van der Waals surface area contributed by atoms with Crippen molar-refractivity contribution in [3.63, 3.8) is 0 Å². The van der Waals surface area contributed by atoms with Gasteiger partial charge in [-0.15, -0.1) is 11.6 Å². The zero-order chi connectivity index (χ0) is 12.8. The highest BCUT2D eigenvalue weighted by Gasteiger charge is 2.31. The van der Waals surface area contributed by atoms with Crippen molar-refractivity contribution in [1.29, 1.82) is 0 Å². The second-order valence-electron chi connectivity index (χ2n) is 4.42. The molecule has 0 atom stereocenters. The molecule has 1 aromatic rings. The maximum atomic E-state index is 12.0. The van der Waals surface area contributed by atoms with E-state index in [4.69, 9.17) is 16.3 Å². The Kier molecular flexibility index (Phi) is 4.88. The second kappa shape index (κ2) is 6.64. The first-order chi connectivity index (χ1) is 8.81. The summed E-state index contributed by atoms with van der Waals surface area (Å²) in [4.78, 5) is 13.9. The van der Waals surface area contributed by atoms with Crippen molar-refractivity contribution in [2.24, 2.45) is 0 Å². The van der Waals surface area contributed by atoms with Crippen LogP contribution in [-0.2, 0) is 4.79 Å². The minimum atomic E-state index is 0.147. The average molecular weight is 268 g/mol. The largest absolute Gasteiger partial charge is 0.493 e. The first kappa shape index (κ1) is 13.2. The van der Waals surface area contributed by atoms with E-state index >= 15 is 0 Å². The standard InChI is InChI=1S/C14H18ClNO2/c15-9-10-16(12-6-7-12)14(17)8-11-18-13-4-2-1-3-5-13/h1-5,12H,6-11H2. The van der Waals surface area contributed by atoms with Crippen molar-refractivity contribution in [1.82, 2.24) is 4.90 Å². The number of benzene rings is 1. The van der Waals surface area contributed by atoms with E-state index in [0.29, 0.717) is 31.5 Å². The number of carbonyl (C=O) groups is 1. The van der Waals surface area contributed by atoms with Crippen LogP contribution in [0.5, 0.6) is 5.75 Å². The molecule has 1 aromatic carbocycles. The Balaban J connectivity index is 1.73. The van der Waals surface area contributed by atoms with Gasteiger partial charge >= 0.3 is 0 Å². The second-order valence-corrected chi connectivity index (χ2v) is 4.80. The molecule has 4 heteroatoms. The zero-order valence-corrected chi connectivity index (χ0v) is 11.1. The van der Waals surface area contributed by atoms with E-state index in [0.717, 1.165) is 18.6 Å². The lowest BCUT2D eigenvalue weighted by atomic mass is 10.3. The highest BCUT2D eigenvalue weighted by Crippen LogP contribution is 2.27. The van der Waals surface area contributed by atoms with Crippen molar-refractivity contribution in [3.05, 3.63) is 30.3 Å². The third-order valence-electron chi connectivity index (χ3n) is 2.96. The van der Waals surface area contributed by atoms with Gasteiger partial charge in [-0.3, -0.25) is 4.79 Å². The number of rotatable bonds is 7. The normalized spacial score (nSPS) is 14.3. The van der Waals surface area contributed by atoms with Gasteiger partial charge in [0, 0.05) is 18.5 Å². The number of ether oxygens (including phenoxy) is 1. The number of hydrogen-bond donors (Lipinski definition) is 0. The fourth-order valence-electron chi connectivity index (χ4n) is 1.90. The van der Waals surface area contributed by atoms with Crippen LogP contribution in [0, 0.1) is 0 Å². The van der Waals surface area contributed by atoms with Crippen LogP contribution in [0.4, 0.5) is 0 Å². The van der Waals surface area contributed by atoms with Crippen molar-refractivity contribution in [2.75, 3.05) is 19.0 Å². The molecule has 0 radical (unpaired) electrons. The van der Waals surface area contributed by atoms with E-state index < -0.39 is 0 Å². The van der Waals surface area contributed by atoms with Crippen molar-refractivity contribution >= 4 is 17.5 Å². The van der Waals surface area contributed by atoms with Gasteiger partial charge in [-0.2, -0.15) is 0 Å². The van der Waals surface area contributed by atoms with Gasteiger partial charge in [0.25, 0.3) is 0 Å². The molecule has 2 rings (SSSR count). The van der Waals surface area contributed by atoms with Crippen molar-refractivity contribution in [2.45, 2.75) is 25.3 Å². The molecule has 98 valence electrons. The van der Waals surface area contributed by atoms with E-state index in [1.165, 1.54) is 0 Å². The van der Waals surface area contributed by atoms with Crippen LogP contribution in [0.1, 0.15) is 19.3 Å². The van der Waals surface area contributed by atoms with Gasteiger partial charge in [-0.25, -0.2) is 0 Å². The predicted octanol–water partition coefficient (Wildman–Crippen LogP) is 2.69. The van der Waals surface area contributed by atoms with Gasteiger partial charge < -0.3 is 9.64 Å². The van der Waals surface area contributed by atoms with Crippen LogP contribution in [0.15, 0.2) is 30.3 Å². The summed E-state index contributed by atoms with van der Waals surface area (Å²) in [6, 6.07) is 9.98. The van der Waals surface area contributed by atoms with Crippen LogP contribution in [-0.4, -0.2) is 35.9 Å². The molecule has 0 heterocycles. The van der Waals surface area contributed by atoms with Crippen molar-refractivity contribution < 1.29 is 9.53 Å². The molecule has 0 aromatic heterocycles. The molecule has 1 saturated carbocycles. The fourth-order valence-corrected chi connectivity index (χ4v) is 2.09. The van der Waals surface area contributed by atoms with E-state index in [2.05, 4.69) is 0 Å². The van der Waals surface area contributed by atoms with Gasteiger partial charge in [0.1, 0.15) is 5.75 Å². The van der Waals surface area contributed by atoms with Gasteiger partial charge in [-0.1, -0.05) is 18.2 Å². The lowest BCUT2D eigenvalue weighted by molar-refractivity contribution is -0.132. The minimum Gasteiger partial charge on any atom is -0.493 e. The molecule has 0 N–H and O–H groups in total. The number of carbonyl (C=O) groups excluding carboxylic acids is 1. The summed E-state index contributed by atoms with van der Waals surface area (Å²) in [5.74, 6) is 1.46. The molecular formula is C14H18ClNO2. The number of halogens is 1. The molecule has 0 saturated heterocycles. The summed E-state index contributed by atoms with van der Waals surface area (Å²) < 4.78 is 5.52. The minimum absolute atomic E-state index is 0.147. The topological polar surface area (TPSA) is 29.5 Å². The molecule has 1 fully saturated rings. The molecule has 18 heavy (non-hydrogen) atoms. The predicted molar refractivity (Wildman–Crippen MR) is 72.0 cm³/mol. The summed E-state index contributed by atoms with van der Waals surface area (Å²) in [6.07, 6.45) is 2.65. The van der Waals surface area contributed by atoms with Crippen LogP contribution in [0.3, 0.4) is 0 Å². The Bertz CT molecular complexity index is 379. The van der Waals surface area contributed by atoms with Crippen LogP contribution < -0.4 is 4.74 Å². The van der Waals surface area contributed by atoms with E-state index in [1.54, 1.807) is 0 Å². The third-order valence-corrected chi connectivity index (χ3v) is 3.13. The highest BCUT2D eigenvalue weighted by atomic mass is 35.5. The smallest absolute Gasteiger partial charge is 0.226 e. The quantitative estimate of drug-likeness (QED) is 0.711. The third kappa shape index (κ3) is 3.91. The molecular weight excluding hydrogens is 250 g/mol. The number of alkyl halides is 1. The Morgan fingerprint density at radius 1 is 1.33 bits per heavy atom. The van der Waals surface area contributed by atoms with E-state index in [1.807, 2.05) is 35.2 Å². The summed E-state index contributed by atoms with van der Waals surface area (Å²) in [7, 11) is 0. The molecule has 0 unspecified atom stereocenters. The molecule has 0 bridgehead atoms. The Labute approximate surface area is 113 Å². The maximum absolute atomic E-state index is 12.0. The Morgan fingerprint density at radius 3 is 2.67 bits per heavy atom. The van der Waals surface area contributed by atoms with Gasteiger partial charge in [0.05, 0.1) is 13.0 Å². The first-order valence-corrected chi connectivity index (χ1v) is 6.88. The number of para-hydroxylation sites is 1. The number of amides is 1. The Hall–Kier alpha value is -1.22.